The van der Waals surface area contributed by atoms with Crippen LogP contribution in [0, 0.1) is 35.0 Å². The Morgan fingerprint density at radius 3 is 2.53 bits per heavy atom. The molecule has 4 heteroatoms. The second kappa shape index (κ2) is 5.34. The molecule has 4 atom stereocenters. The van der Waals surface area contributed by atoms with E-state index in [-0.39, 0.29) is 25.2 Å². The van der Waals surface area contributed by atoms with Crippen molar-refractivity contribution in [1.29, 1.82) is 5.26 Å². The first-order chi connectivity index (χ1) is 8.15. The Labute approximate surface area is 102 Å². The van der Waals surface area contributed by atoms with Crippen LogP contribution in [0.1, 0.15) is 26.2 Å². The van der Waals surface area contributed by atoms with Gasteiger partial charge < -0.3 is 14.9 Å². The van der Waals surface area contributed by atoms with Gasteiger partial charge >= 0.3 is 0 Å². The monoisotopic (exact) mass is 239 g/mol. The van der Waals surface area contributed by atoms with Crippen molar-refractivity contribution in [2.45, 2.75) is 38.4 Å². The lowest BCUT2D eigenvalue weighted by atomic mass is 9.54. The normalized spacial score (nSPS) is 38.9. The Bertz CT molecular complexity index is 290. The molecule has 0 spiro atoms. The van der Waals surface area contributed by atoms with Crippen molar-refractivity contribution in [3.05, 3.63) is 0 Å². The quantitative estimate of drug-likeness (QED) is 0.748. The fraction of sp³-hybridized carbons (Fsp3) is 0.923. The number of fused-ring (bicyclic) bond motifs is 2. The van der Waals surface area contributed by atoms with Gasteiger partial charge in [0.05, 0.1) is 31.3 Å². The minimum Gasteiger partial charge on any atom is -0.394 e. The summed E-state index contributed by atoms with van der Waals surface area (Å²) in [6.07, 6.45) is 2.69. The number of rotatable bonds is 5. The number of aliphatic hydroxyl groups excluding tert-OH is 2. The minimum absolute atomic E-state index is 0.112. The lowest BCUT2D eigenvalue weighted by Crippen LogP contribution is -2.46. The van der Waals surface area contributed by atoms with E-state index in [1.807, 2.05) is 6.92 Å². The fourth-order valence-electron chi connectivity index (χ4n) is 3.28. The second-order valence-electron chi connectivity index (χ2n) is 5.52. The van der Waals surface area contributed by atoms with Crippen LogP contribution in [-0.2, 0) is 4.74 Å². The van der Waals surface area contributed by atoms with Crippen LogP contribution < -0.4 is 0 Å². The van der Waals surface area contributed by atoms with Crippen LogP contribution in [0.3, 0.4) is 0 Å². The molecule has 4 nitrogen and oxygen atoms in total. The zero-order valence-corrected chi connectivity index (χ0v) is 10.2. The summed E-state index contributed by atoms with van der Waals surface area (Å²) in [4.78, 5) is 0. The molecule has 3 fully saturated rings. The zero-order chi connectivity index (χ0) is 12.4. The molecule has 0 heterocycles. The van der Waals surface area contributed by atoms with Crippen molar-refractivity contribution in [2.75, 3.05) is 13.2 Å². The highest BCUT2D eigenvalue weighted by Crippen LogP contribution is 2.53. The average molecular weight is 239 g/mol. The maximum Gasteiger partial charge on any atom is 0.100 e. The van der Waals surface area contributed by atoms with Gasteiger partial charge in [-0.2, -0.15) is 5.26 Å². The summed E-state index contributed by atoms with van der Waals surface area (Å²) in [5.74, 6) is 1.92. The van der Waals surface area contributed by atoms with E-state index in [1.165, 1.54) is 6.42 Å². The first-order valence-electron chi connectivity index (χ1n) is 6.45. The third-order valence-electron chi connectivity index (χ3n) is 4.41. The van der Waals surface area contributed by atoms with Gasteiger partial charge in [0.25, 0.3) is 0 Å². The highest BCUT2D eigenvalue weighted by molar-refractivity contribution is 5.06. The van der Waals surface area contributed by atoms with Gasteiger partial charge in [-0.15, -0.1) is 0 Å². The second-order valence-corrected chi connectivity index (χ2v) is 5.52. The van der Waals surface area contributed by atoms with Gasteiger partial charge in [0.1, 0.15) is 6.10 Å². The SMILES string of the molecule is C[C@@H](OCC(O)CO)C1CC2CC(C1)C2C#N. The first kappa shape index (κ1) is 12.8. The molecule has 0 aromatic rings. The third-order valence-corrected chi connectivity index (χ3v) is 4.41. The lowest BCUT2D eigenvalue weighted by molar-refractivity contribution is -0.0822. The smallest absolute Gasteiger partial charge is 0.100 e. The van der Waals surface area contributed by atoms with Crippen molar-refractivity contribution in [1.82, 2.24) is 0 Å². The molecule has 0 saturated heterocycles. The number of nitrogens with zero attached hydrogens (tertiary/aromatic N) is 1. The topological polar surface area (TPSA) is 73.5 Å². The number of hydrogen-bond donors (Lipinski definition) is 2. The maximum absolute atomic E-state index is 9.23. The van der Waals surface area contributed by atoms with Crippen LogP contribution in [0.5, 0.6) is 0 Å². The molecule has 96 valence electrons. The Morgan fingerprint density at radius 1 is 1.35 bits per heavy atom. The third kappa shape index (κ3) is 2.62. The molecule has 3 saturated carbocycles. The van der Waals surface area contributed by atoms with Gasteiger partial charge in [-0.3, -0.25) is 0 Å². The Balaban J connectivity index is 1.76. The van der Waals surface area contributed by atoms with Crippen LogP contribution in [0.15, 0.2) is 0 Å². The highest BCUT2D eigenvalue weighted by atomic mass is 16.5. The fourth-order valence-corrected chi connectivity index (χ4v) is 3.28. The largest absolute Gasteiger partial charge is 0.394 e. The van der Waals surface area contributed by atoms with E-state index in [0.717, 1.165) is 12.8 Å². The maximum atomic E-state index is 9.23. The molecule has 3 aliphatic carbocycles. The summed E-state index contributed by atoms with van der Waals surface area (Å²) in [5.41, 5.74) is 0. The summed E-state index contributed by atoms with van der Waals surface area (Å²) in [6, 6.07) is 2.41. The van der Waals surface area contributed by atoms with E-state index in [0.29, 0.717) is 17.8 Å². The van der Waals surface area contributed by atoms with Crippen LogP contribution in [0.4, 0.5) is 0 Å². The van der Waals surface area contributed by atoms with Crippen LogP contribution >= 0.6 is 0 Å². The molecule has 0 amide bonds. The summed E-state index contributed by atoms with van der Waals surface area (Å²) in [5, 5.41) is 26.9. The molecule has 0 radical (unpaired) electrons. The van der Waals surface area contributed by atoms with Gasteiger partial charge in [-0.05, 0) is 43.9 Å². The number of aliphatic hydroxyl groups is 2. The van der Waals surface area contributed by atoms with Gasteiger partial charge in [0.15, 0.2) is 0 Å². The van der Waals surface area contributed by atoms with E-state index >= 15 is 0 Å². The van der Waals surface area contributed by atoms with E-state index in [2.05, 4.69) is 6.07 Å². The summed E-state index contributed by atoms with van der Waals surface area (Å²) in [7, 11) is 0. The number of ether oxygens (including phenoxy) is 1. The molecule has 0 aliphatic heterocycles. The van der Waals surface area contributed by atoms with E-state index in [9.17, 15) is 5.11 Å². The number of nitriles is 1. The predicted molar refractivity (Wildman–Crippen MR) is 61.9 cm³/mol. The van der Waals surface area contributed by atoms with E-state index in [4.69, 9.17) is 15.1 Å². The van der Waals surface area contributed by atoms with Crippen molar-refractivity contribution >= 4 is 0 Å². The lowest BCUT2D eigenvalue weighted by Gasteiger charge is -2.50. The van der Waals surface area contributed by atoms with Gasteiger partial charge in [-0.1, -0.05) is 0 Å². The zero-order valence-electron chi connectivity index (χ0n) is 10.2. The molecular weight excluding hydrogens is 218 g/mol. The van der Waals surface area contributed by atoms with Crippen LogP contribution in [0.2, 0.25) is 0 Å². The van der Waals surface area contributed by atoms with Crippen LogP contribution in [-0.4, -0.2) is 35.6 Å². The Morgan fingerprint density at radius 2 is 2.00 bits per heavy atom. The molecule has 17 heavy (non-hydrogen) atoms. The molecule has 3 unspecified atom stereocenters. The highest BCUT2D eigenvalue weighted by Gasteiger charge is 2.48. The summed E-state index contributed by atoms with van der Waals surface area (Å²) in [6.45, 7) is 1.98. The van der Waals surface area contributed by atoms with Crippen molar-refractivity contribution in [3.8, 4) is 6.07 Å². The van der Waals surface area contributed by atoms with Gasteiger partial charge in [0, 0.05) is 0 Å². The van der Waals surface area contributed by atoms with Crippen molar-refractivity contribution in [3.63, 3.8) is 0 Å². The van der Waals surface area contributed by atoms with Gasteiger partial charge in [0.2, 0.25) is 0 Å². The molecule has 3 aliphatic rings. The molecular formula is C13H21NO3. The minimum atomic E-state index is -0.776. The van der Waals surface area contributed by atoms with E-state index in [1.54, 1.807) is 0 Å². The van der Waals surface area contributed by atoms with Crippen LogP contribution in [0.25, 0.3) is 0 Å². The summed E-state index contributed by atoms with van der Waals surface area (Å²) < 4.78 is 5.58. The van der Waals surface area contributed by atoms with Crippen molar-refractivity contribution in [2.24, 2.45) is 23.7 Å². The number of hydrogen-bond acceptors (Lipinski definition) is 4. The Hall–Kier alpha value is -0.630. The first-order valence-corrected chi connectivity index (χ1v) is 6.45. The van der Waals surface area contributed by atoms with Crippen molar-refractivity contribution < 1.29 is 14.9 Å². The molecule has 0 aromatic carbocycles. The van der Waals surface area contributed by atoms with E-state index < -0.39 is 6.10 Å². The molecule has 2 N–H and O–H groups in total. The average Bonchev–Trinajstić information content (AvgIpc) is 2.36. The summed E-state index contributed by atoms with van der Waals surface area (Å²) >= 11 is 0. The molecule has 3 rings (SSSR count). The van der Waals surface area contributed by atoms with Gasteiger partial charge in [-0.25, -0.2) is 0 Å². The Kier molecular flexibility index (Phi) is 4.03. The molecule has 0 aromatic heterocycles. The standard InChI is InChI=1S/C13H21NO3/c1-8(17-7-12(16)6-15)9-2-10-4-11(3-9)13(10)5-14/h8-13,15-16H,2-4,6-7H2,1H3/t8-,9?,10?,11?,12?,13?/m1/s1. The molecule has 2 bridgehead atoms. The predicted octanol–water partition coefficient (Wildman–Crippen LogP) is 0.931.